The second-order valence-corrected chi connectivity index (χ2v) is 8.96. The van der Waals surface area contributed by atoms with Gasteiger partial charge in [-0.15, -0.1) is 0 Å². The number of aromatic nitrogens is 2. The van der Waals surface area contributed by atoms with Crippen LogP contribution in [-0.4, -0.2) is 58.8 Å². The Hall–Kier alpha value is -2.76. The van der Waals surface area contributed by atoms with Gasteiger partial charge in [0.25, 0.3) is 0 Å². The van der Waals surface area contributed by atoms with Crippen molar-refractivity contribution < 1.29 is 5.11 Å². The van der Waals surface area contributed by atoms with Crippen molar-refractivity contribution in [2.75, 3.05) is 37.6 Å². The van der Waals surface area contributed by atoms with Crippen LogP contribution in [0.5, 0.6) is 0 Å². The lowest BCUT2D eigenvalue weighted by atomic mass is 10.0. The predicted octanol–water partition coefficient (Wildman–Crippen LogP) is 3.72. The lowest BCUT2D eigenvalue weighted by molar-refractivity contribution is 0.109. The molecule has 3 aromatic rings. The highest BCUT2D eigenvalue weighted by Crippen LogP contribution is 2.25. The molecule has 0 unspecified atom stereocenters. The lowest BCUT2D eigenvalue weighted by Crippen LogP contribution is -2.49. The van der Waals surface area contributed by atoms with Gasteiger partial charge in [0.05, 0.1) is 6.10 Å². The van der Waals surface area contributed by atoms with Crippen LogP contribution in [0.15, 0.2) is 54.6 Å². The Bertz CT molecular complexity index is 1030. The number of nitrogens with zero attached hydrogens (tertiary/aromatic N) is 4. The standard InChI is InChI=1S/C27H34N4O/c1-20-8-7-11-24(16-20)18-26-21(2)28-22(3)29-27(26)31-14-12-30(13-15-31)19-25(32)17-23-9-5-4-6-10-23/h4-11,16,25,32H,12-15,17-19H2,1-3H3/t25-/m0/s1. The Kier molecular flexibility index (Phi) is 7.18. The molecule has 1 aromatic heterocycles. The van der Waals surface area contributed by atoms with Crippen LogP contribution in [0.2, 0.25) is 0 Å². The van der Waals surface area contributed by atoms with E-state index in [-0.39, 0.29) is 6.10 Å². The number of hydrogen-bond donors (Lipinski definition) is 1. The molecule has 5 nitrogen and oxygen atoms in total. The molecule has 0 spiro atoms. The number of aliphatic hydroxyl groups excluding tert-OH is 1. The zero-order chi connectivity index (χ0) is 22.5. The maximum absolute atomic E-state index is 10.6. The van der Waals surface area contributed by atoms with Crippen molar-refractivity contribution in [2.24, 2.45) is 0 Å². The lowest BCUT2D eigenvalue weighted by Gasteiger charge is -2.37. The average molecular weight is 431 g/mol. The van der Waals surface area contributed by atoms with Crippen molar-refractivity contribution >= 4 is 5.82 Å². The molecule has 5 heteroatoms. The van der Waals surface area contributed by atoms with E-state index in [9.17, 15) is 5.11 Å². The van der Waals surface area contributed by atoms with Gasteiger partial charge in [-0.3, -0.25) is 4.90 Å². The summed E-state index contributed by atoms with van der Waals surface area (Å²) in [7, 11) is 0. The van der Waals surface area contributed by atoms with Crippen LogP contribution in [0.3, 0.4) is 0 Å². The number of rotatable bonds is 7. The molecule has 0 radical (unpaired) electrons. The molecule has 2 heterocycles. The molecule has 1 saturated heterocycles. The molecule has 0 aliphatic carbocycles. The number of hydrogen-bond acceptors (Lipinski definition) is 5. The van der Waals surface area contributed by atoms with Gasteiger partial charge >= 0.3 is 0 Å². The van der Waals surface area contributed by atoms with E-state index in [1.54, 1.807) is 0 Å². The summed E-state index contributed by atoms with van der Waals surface area (Å²) in [5, 5.41) is 10.6. The molecule has 1 fully saturated rings. The topological polar surface area (TPSA) is 52.5 Å². The van der Waals surface area contributed by atoms with Gasteiger partial charge in [-0.25, -0.2) is 9.97 Å². The summed E-state index contributed by atoms with van der Waals surface area (Å²) in [4.78, 5) is 14.3. The molecule has 2 aromatic carbocycles. The number of piperazine rings is 1. The summed E-state index contributed by atoms with van der Waals surface area (Å²) in [5.74, 6) is 1.90. The summed E-state index contributed by atoms with van der Waals surface area (Å²) in [6.45, 7) is 10.6. The Morgan fingerprint density at radius 3 is 2.31 bits per heavy atom. The van der Waals surface area contributed by atoms with Crippen LogP contribution >= 0.6 is 0 Å². The molecule has 0 amide bonds. The molecule has 4 rings (SSSR count). The molecular weight excluding hydrogens is 396 g/mol. The van der Waals surface area contributed by atoms with Crippen molar-refractivity contribution in [3.05, 3.63) is 88.4 Å². The van der Waals surface area contributed by atoms with E-state index in [4.69, 9.17) is 4.98 Å². The Morgan fingerprint density at radius 2 is 1.59 bits per heavy atom. The molecule has 32 heavy (non-hydrogen) atoms. The third kappa shape index (κ3) is 5.72. The average Bonchev–Trinajstić information content (AvgIpc) is 2.77. The third-order valence-corrected chi connectivity index (χ3v) is 6.22. The SMILES string of the molecule is Cc1cccc(Cc2c(C)nc(C)nc2N2CCN(C[C@@H](O)Cc3ccccc3)CC2)c1. The smallest absolute Gasteiger partial charge is 0.136 e. The van der Waals surface area contributed by atoms with E-state index in [1.165, 1.54) is 22.3 Å². The fraction of sp³-hybridized carbons (Fsp3) is 0.407. The second kappa shape index (κ2) is 10.2. The molecule has 1 aliphatic rings. The van der Waals surface area contributed by atoms with E-state index < -0.39 is 0 Å². The molecule has 1 atom stereocenters. The zero-order valence-corrected chi connectivity index (χ0v) is 19.5. The fourth-order valence-corrected chi connectivity index (χ4v) is 4.60. The molecule has 0 saturated carbocycles. The minimum atomic E-state index is -0.343. The van der Waals surface area contributed by atoms with Gasteiger partial charge in [0.1, 0.15) is 11.6 Å². The van der Waals surface area contributed by atoms with Gasteiger partial charge in [-0.05, 0) is 38.3 Å². The van der Waals surface area contributed by atoms with Crippen LogP contribution in [0.1, 0.15) is 33.8 Å². The number of benzene rings is 2. The molecule has 0 bridgehead atoms. The molecule has 168 valence electrons. The van der Waals surface area contributed by atoms with E-state index in [2.05, 4.69) is 65.0 Å². The van der Waals surface area contributed by atoms with Gasteiger partial charge in [0.15, 0.2) is 0 Å². The van der Waals surface area contributed by atoms with Gasteiger partial charge in [-0.1, -0.05) is 60.2 Å². The van der Waals surface area contributed by atoms with Gasteiger partial charge in [-0.2, -0.15) is 0 Å². The van der Waals surface area contributed by atoms with Gasteiger partial charge in [0.2, 0.25) is 0 Å². The number of aliphatic hydroxyl groups is 1. The minimum Gasteiger partial charge on any atom is -0.391 e. The number of β-amino-alcohol motifs (C(OH)–C–C–N with tert-alkyl or cyclic N) is 1. The highest BCUT2D eigenvalue weighted by atomic mass is 16.3. The van der Waals surface area contributed by atoms with Crippen LogP contribution in [0, 0.1) is 20.8 Å². The van der Waals surface area contributed by atoms with Crippen molar-refractivity contribution in [1.82, 2.24) is 14.9 Å². The monoisotopic (exact) mass is 430 g/mol. The largest absolute Gasteiger partial charge is 0.391 e. The Balaban J connectivity index is 1.41. The summed E-state index contributed by atoms with van der Waals surface area (Å²) in [6.07, 6.45) is 1.20. The fourth-order valence-electron chi connectivity index (χ4n) is 4.60. The first-order valence-electron chi connectivity index (χ1n) is 11.6. The van der Waals surface area contributed by atoms with Gasteiger partial charge in [0, 0.05) is 50.4 Å². The Morgan fingerprint density at radius 1 is 0.875 bits per heavy atom. The van der Waals surface area contributed by atoms with E-state index >= 15 is 0 Å². The van der Waals surface area contributed by atoms with Gasteiger partial charge < -0.3 is 10.0 Å². The number of aryl methyl sites for hydroxylation is 3. The Labute approximate surface area is 191 Å². The highest BCUT2D eigenvalue weighted by molar-refractivity contribution is 5.52. The first kappa shape index (κ1) is 22.4. The second-order valence-electron chi connectivity index (χ2n) is 8.96. The zero-order valence-electron chi connectivity index (χ0n) is 19.5. The summed E-state index contributed by atoms with van der Waals surface area (Å²) in [5.41, 5.74) is 6.04. The van der Waals surface area contributed by atoms with Crippen LogP contribution in [0.25, 0.3) is 0 Å². The quantitative estimate of drug-likeness (QED) is 0.619. The summed E-state index contributed by atoms with van der Waals surface area (Å²) < 4.78 is 0. The van der Waals surface area contributed by atoms with Crippen LogP contribution < -0.4 is 4.90 Å². The number of anilines is 1. The maximum Gasteiger partial charge on any atom is 0.136 e. The normalized spacial score (nSPS) is 15.7. The molecular formula is C27H34N4O. The van der Waals surface area contributed by atoms with Crippen molar-refractivity contribution in [1.29, 1.82) is 0 Å². The van der Waals surface area contributed by atoms with Crippen LogP contribution in [0.4, 0.5) is 5.82 Å². The van der Waals surface area contributed by atoms with E-state index in [0.717, 1.165) is 49.9 Å². The van der Waals surface area contributed by atoms with E-state index in [1.807, 2.05) is 25.1 Å². The summed E-state index contributed by atoms with van der Waals surface area (Å²) in [6, 6.07) is 18.9. The van der Waals surface area contributed by atoms with Crippen LogP contribution in [-0.2, 0) is 12.8 Å². The summed E-state index contributed by atoms with van der Waals surface area (Å²) >= 11 is 0. The predicted molar refractivity (Wildman–Crippen MR) is 130 cm³/mol. The molecule has 1 aliphatic heterocycles. The minimum absolute atomic E-state index is 0.343. The first-order chi connectivity index (χ1) is 15.5. The highest BCUT2D eigenvalue weighted by Gasteiger charge is 2.23. The van der Waals surface area contributed by atoms with Crippen molar-refractivity contribution in [3.8, 4) is 0 Å². The molecule has 1 N–H and O–H groups in total. The first-order valence-corrected chi connectivity index (χ1v) is 11.6. The van der Waals surface area contributed by atoms with Crippen molar-refractivity contribution in [2.45, 2.75) is 39.7 Å². The van der Waals surface area contributed by atoms with Crippen molar-refractivity contribution in [3.63, 3.8) is 0 Å². The maximum atomic E-state index is 10.6. The third-order valence-electron chi connectivity index (χ3n) is 6.22. The van der Waals surface area contributed by atoms with E-state index in [0.29, 0.717) is 13.0 Å².